The number of piperazine rings is 1. The second-order valence-electron chi connectivity index (χ2n) is 6.11. The van der Waals surface area contributed by atoms with E-state index in [1.165, 1.54) is 12.0 Å². The molecule has 0 aromatic heterocycles. The Hall–Kier alpha value is -1.06. The third-order valence-electron chi connectivity index (χ3n) is 4.32. The van der Waals surface area contributed by atoms with Gasteiger partial charge in [-0.25, -0.2) is 0 Å². The largest absolute Gasteiger partial charge is 0.497 e. The van der Waals surface area contributed by atoms with Crippen LogP contribution in [-0.4, -0.2) is 37.2 Å². The first-order valence-electron chi connectivity index (χ1n) is 7.74. The van der Waals surface area contributed by atoms with Crippen LogP contribution in [0.5, 0.6) is 5.75 Å². The fraction of sp³-hybridized carbons (Fsp3) is 0.647. The highest BCUT2D eigenvalue weighted by Gasteiger charge is 2.28. The molecule has 0 aliphatic carbocycles. The molecule has 20 heavy (non-hydrogen) atoms. The van der Waals surface area contributed by atoms with Gasteiger partial charge in [0.1, 0.15) is 5.75 Å². The SMILES string of the molecule is CCC1CN(Cc2cccc(OC)c2)C(C(C)C)CN1. The molecule has 0 saturated carbocycles. The Morgan fingerprint density at radius 2 is 2.20 bits per heavy atom. The molecule has 0 spiro atoms. The predicted molar refractivity (Wildman–Crippen MR) is 84.1 cm³/mol. The summed E-state index contributed by atoms with van der Waals surface area (Å²) in [5, 5.41) is 3.67. The fourth-order valence-corrected chi connectivity index (χ4v) is 3.02. The molecule has 3 nitrogen and oxygen atoms in total. The smallest absolute Gasteiger partial charge is 0.119 e. The van der Waals surface area contributed by atoms with Crippen LogP contribution in [0.2, 0.25) is 0 Å². The van der Waals surface area contributed by atoms with Gasteiger partial charge in [0.15, 0.2) is 0 Å². The van der Waals surface area contributed by atoms with Crippen LogP contribution in [0.4, 0.5) is 0 Å². The molecule has 2 rings (SSSR count). The number of hydrogen-bond donors (Lipinski definition) is 1. The van der Waals surface area contributed by atoms with E-state index in [1.807, 2.05) is 6.07 Å². The molecule has 112 valence electrons. The normalized spacial score (nSPS) is 24.1. The average molecular weight is 276 g/mol. The highest BCUT2D eigenvalue weighted by atomic mass is 16.5. The third kappa shape index (κ3) is 3.74. The highest BCUT2D eigenvalue weighted by Crippen LogP contribution is 2.21. The van der Waals surface area contributed by atoms with Gasteiger partial charge in [0.2, 0.25) is 0 Å². The molecule has 1 saturated heterocycles. The molecule has 1 aliphatic rings. The molecule has 1 fully saturated rings. The summed E-state index contributed by atoms with van der Waals surface area (Å²) in [7, 11) is 1.73. The molecular weight excluding hydrogens is 248 g/mol. The number of hydrogen-bond acceptors (Lipinski definition) is 3. The molecule has 1 heterocycles. The molecule has 3 heteroatoms. The van der Waals surface area contributed by atoms with Crippen LogP contribution in [0.3, 0.4) is 0 Å². The van der Waals surface area contributed by atoms with E-state index in [9.17, 15) is 0 Å². The van der Waals surface area contributed by atoms with Gasteiger partial charge in [0.25, 0.3) is 0 Å². The Morgan fingerprint density at radius 3 is 2.85 bits per heavy atom. The van der Waals surface area contributed by atoms with E-state index in [0.29, 0.717) is 18.0 Å². The van der Waals surface area contributed by atoms with Gasteiger partial charge < -0.3 is 10.1 Å². The summed E-state index contributed by atoms with van der Waals surface area (Å²) in [5.41, 5.74) is 1.34. The second kappa shape index (κ2) is 7.09. The van der Waals surface area contributed by atoms with E-state index in [0.717, 1.165) is 25.4 Å². The maximum absolute atomic E-state index is 5.33. The Morgan fingerprint density at radius 1 is 1.40 bits per heavy atom. The Balaban J connectivity index is 2.09. The van der Waals surface area contributed by atoms with Crippen LogP contribution in [0, 0.1) is 5.92 Å². The summed E-state index contributed by atoms with van der Waals surface area (Å²) >= 11 is 0. The van der Waals surface area contributed by atoms with Crippen molar-refractivity contribution < 1.29 is 4.74 Å². The molecule has 2 atom stereocenters. The lowest BCUT2D eigenvalue weighted by Crippen LogP contribution is -2.57. The maximum Gasteiger partial charge on any atom is 0.119 e. The second-order valence-corrected chi connectivity index (χ2v) is 6.11. The molecule has 1 aliphatic heterocycles. The van der Waals surface area contributed by atoms with Gasteiger partial charge in [-0.05, 0) is 30.0 Å². The molecule has 0 bridgehead atoms. The molecule has 0 amide bonds. The van der Waals surface area contributed by atoms with Crippen molar-refractivity contribution in [3.05, 3.63) is 29.8 Å². The monoisotopic (exact) mass is 276 g/mol. The molecule has 1 aromatic carbocycles. The van der Waals surface area contributed by atoms with E-state index in [4.69, 9.17) is 4.74 Å². The van der Waals surface area contributed by atoms with Gasteiger partial charge in [0.05, 0.1) is 7.11 Å². The maximum atomic E-state index is 5.33. The Bertz CT molecular complexity index is 419. The number of nitrogens with zero attached hydrogens (tertiary/aromatic N) is 1. The van der Waals surface area contributed by atoms with Crippen molar-refractivity contribution in [3.63, 3.8) is 0 Å². The van der Waals surface area contributed by atoms with Crippen LogP contribution in [0.25, 0.3) is 0 Å². The number of ether oxygens (including phenoxy) is 1. The van der Waals surface area contributed by atoms with Gasteiger partial charge in [0, 0.05) is 31.7 Å². The lowest BCUT2D eigenvalue weighted by molar-refractivity contribution is 0.0900. The first-order valence-corrected chi connectivity index (χ1v) is 7.74. The zero-order valence-corrected chi connectivity index (χ0v) is 13.2. The minimum absolute atomic E-state index is 0.615. The first kappa shape index (κ1) is 15.3. The topological polar surface area (TPSA) is 24.5 Å². The zero-order chi connectivity index (χ0) is 14.5. The average Bonchev–Trinajstić information content (AvgIpc) is 2.47. The summed E-state index contributed by atoms with van der Waals surface area (Å²) in [6.07, 6.45) is 1.19. The lowest BCUT2D eigenvalue weighted by atomic mass is 9.97. The predicted octanol–water partition coefficient (Wildman–Crippen LogP) is 2.90. The standard InChI is InChI=1S/C17H28N2O/c1-5-15-12-19(17(10-18-15)13(2)3)11-14-7-6-8-16(9-14)20-4/h6-9,13,15,17-18H,5,10-12H2,1-4H3. The zero-order valence-electron chi connectivity index (χ0n) is 13.2. The Labute approximate surface area is 123 Å². The fourth-order valence-electron chi connectivity index (χ4n) is 3.02. The van der Waals surface area contributed by atoms with Crippen LogP contribution >= 0.6 is 0 Å². The molecule has 1 aromatic rings. The van der Waals surface area contributed by atoms with Gasteiger partial charge in [-0.15, -0.1) is 0 Å². The molecule has 2 unspecified atom stereocenters. The van der Waals surface area contributed by atoms with Crippen LogP contribution in [-0.2, 0) is 6.54 Å². The van der Waals surface area contributed by atoms with Gasteiger partial charge in [-0.1, -0.05) is 32.9 Å². The Kier molecular flexibility index (Phi) is 5.44. The van der Waals surface area contributed by atoms with E-state index in [2.05, 4.69) is 49.2 Å². The van der Waals surface area contributed by atoms with Gasteiger partial charge in [-0.3, -0.25) is 4.90 Å². The van der Waals surface area contributed by atoms with E-state index in [1.54, 1.807) is 7.11 Å². The van der Waals surface area contributed by atoms with E-state index < -0.39 is 0 Å². The van der Waals surface area contributed by atoms with E-state index >= 15 is 0 Å². The van der Waals surface area contributed by atoms with Crippen molar-refractivity contribution in [3.8, 4) is 5.75 Å². The summed E-state index contributed by atoms with van der Waals surface area (Å²) in [6.45, 7) is 10.1. The number of rotatable bonds is 5. The van der Waals surface area contributed by atoms with Crippen molar-refractivity contribution in [2.45, 2.75) is 45.8 Å². The summed E-state index contributed by atoms with van der Waals surface area (Å²) in [5.74, 6) is 1.62. The summed E-state index contributed by atoms with van der Waals surface area (Å²) < 4.78 is 5.33. The molecular formula is C17H28N2O. The minimum Gasteiger partial charge on any atom is -0.497 e. The van der Waals surface area contributed by atoms with Crippen molar-refractivity contribution in [1.29, 1.82) is 0 Å². The van der Waals surface area contributed by atoms with E-state index in [-0.39, 0.29) is 0 Å². The van der Waals surface area contributed by atoms with Crippen molar-refractivity contribution >= 4 is 0 Å². The minimum atomic E-state index is 0.615. The third-order valence-corrected chi connectivity index (χ3v) is 4.32. The first-order chi connectivity index (χ1) is 9.63. The lowest BCUT2D eigenvalue weighted by Gasteiger charge is -2.42. The van der Waals surface area contributed by atoms with Gasteiger partial charge in [-0.2, -0.15) is 0 Å². The van der Waals surface area contributed by atoms with Crippen LogP contribution in [0.15, 0.2) is 24.3 Å². The molecule has 1 N–H and O–H groups in total. The highest BCUT2D eigenvalue weighted by molar-refractivity contribution is 5.28. The number of nitrogens with one attached hydrogen (secondary N) is 1. The summed E-state index contributed by atoms with van der Waals surface area (Å²) in [4.78, 5) is 2.63. The summed E-state index contributed by atoms with van der Waals surface area (Å²) in [6, 6.07) is 9.68. The van der Waals surface area contributed by atoms with Crippen molar-refractivity contribution in [2.75, 3.05) is 20.2 Å². The quantitative estimate of drug-likeness (QED) is 0.895. The van der Waals surface area contributed by atoms with Crippen molar-refractivity contribution in [2.24, 2.45) is 5.92 Å². The van der Waals surface area contributed by atoms with Crippen LogP contribution in [0.1, 0.15) is 32.8 Å². The number of methoxy groups -OCH3 is 1. The molecule has 0 radical (unpaired) electrons. The van der Waals surface area contributed by atoms with Gasteiger partial charge >= 0.3 is 0 Å². The van der Waals surface area contributed by atoms with Crippen LogP contribution < -0.4 is 10.1 Å². The van der Waals surface area contributed by atoms with Crippen molar-refractivity contribution in [1.82, 2.24) is 10.2 Å². The number of benzene rings is 1.